The van der Waals surface area contributed by atoms with Gasteiger partial charge in [-0.05, 0) is 24.8 Å². The minimum Gasteiger partial charge on any atom is -0.411 e. The number of aryl methyl sites for hydroxylation is 1. The summed E-state index contributed by atoms with van der Waals surface area (Å²) in [5.74, 6) is 0. The van der Waals surface area contributed by atoms with Gasteiger partial charge in [0.25, 0.3) is 5.56 Å². The van der Waals surface area contributed by atoms with Crippen molar-refractivity contribution in [3.8, 4) is 11.1 Å². The van der Waals surface area contributed by atoms with E-state index in [-0.39, 0.29) is 5.56 Å². The third kappa shape index (κ3) is 2.97. The van der Waals surface area contributed by atoms with E-state index >= 15 is 0 Å². The predicted molar refractivity (Wildman–Crippen MR) is 90.4 cm³/mol. The van der Waals surface area contributed by atoms with Crippen molar-refractivity contribution in [1.82, 2.24) is 9.78 Å². The SMILES string of the molecule is Cn1ncc(N2CCCCC2)c(-c2ccccc2C=NO)c1=O. The first-order valence-corrected chi connectivity index (χ1v) is 7.80. The fourth-order valence-electron chi connectivity index (χ4n) is 3.06. The van der Waals surface area contributed by atoms with E-state index in [1.165, 1.54) is 17.3 Å². The van der Waals surface area contributed by atoms with Crippen LogP contribution >= 0.6 is 0 Å². The molecular weight excluding hydrogens is 292 g/mol. The van der Waals surface area contributed by atoms with E-state index in [9.17, 15) is 4.79 Å². The summed E-state index contributed by atoms with van der Waals surface area (Å²) in [5.41, 5.74) is 2.78. The van der Waals surface area contributed by atoms with Gasteiger partial charge in [-0.25, -0.2) is 4.68 Å². The average molecular weight is 312 g/mol. The Morgan fingerprint density at radius 1 is 1.22 bits per heavy atom. The molecule has 1 N–H and O–H groups in total. The fourth-order valence-corrected chi connectivity index (χ4v) is 3.06. The molecule has 6 nitrogen and oxygen atoms in total. The maximum Gasteiger partial charge on any atom is 0.276 e. The van der Waals surface area contributed by atoms with E-state index in [0.717, 1.165) is 37.2 Å². The van der Waals surface area contributed by atoms with Crippen LogP contribution in [-0.2, 0) is 7.05 Å². The maximum absolute atomic E-state index is 12.8. The van der Waals surface area contributed by atoms with Gasteiger partial charge in [-0.2, -0.15) is 5.10 Å². The van der Waals surface area contributed by atoms with Crippen LogP contribution < -0.4 is 10.5 Å². The van der Waals surface area contributed by atoms with Crippen LogP contribution in [0.1, 0.15) is 24.8 Å². The molecule has 0 atom stereocenters. The van der Waals surface area contributed by atoms with Crippen molar-refractivity contribution < 1.29 is 5.21 Å². The number of hydrogen-bond acceptors (Lipinski definition) is 5. The molecule has 2 heterocycles. The van der Waals surface area contributed by atoms with Crippen molar-refractivity contribution in [2.45, 2.75) is 19.3 Å². The van der Waals surface area contributed by atoms with Crippen LogP contribution in [-0.4, -0.2) is 34.3 Å². The Hall–Kier alpha value is -2.63. The average Bonchev–Trinajstić information content (AvgIpc) is 2.59. The highest BCUT2D eigenvalue weighted by molar-refractivity contribution is 5.93. The summed E-state index contributed by atoms with van der Waals surface area (Å²) in [4.78, 5) is 15.0. The molecule has 1 fully saturated rings. The fraction of sp³-hybridized carbons (Fsp3) is 0.353. The molecule has 2 aromatic rings. The van der Waals surface area contributed by atoms with Gasteiger partial charge in [-0.1, -0.05) is 29.4 Å². The molecule has 0 aliphatic carbocycles. The van der Waals surface area contributed by atoms with E-state index in [4.69, 9.17) is 5.21 Å². The third-order valence-corrected chi connectivity index (χ3v) is 4.24. The highest BCUT2D eigenvalue weighted by atomic mass is 16.4. The standard InChI is InChI=1S/C17H20N4O2/c1-20-17(22)16(14-8-4-3-7-13(14)11-19-23)15(12-18-20)21-9-5-2-6-10-21/h3-4,7-8,11-12,23H,2,5-6,9-10H2,1H3. The van der Waals surface area contributed by atoms with Gasteiger partial charge in [0.1, 0.15) is 0 Å². The van der Waals surface area contributed by atoms with Gasteiger partial charge >= 0.3 is 0 Å². The lowest BCUT2D eigenvalue weighted by Gasteiger charge is -2.30. The van der Waals surface area contributed by atoms with Gasteiger partial charge < -0.3 is 10.1 Å². The highest BCUT2D eigenvalue weighted by Crippen LogP contribution is 2.30. The zero-order valence-electron chi connectivity index (χ0n) is 13.1. The quantitative estimate of drug-likeness (QED) is 0.536. The summed E-state index contributed by atoms with van der Waals surface area (Å²) >= 11 is 0. The molecule has 0 unspecified atom stereocenters. The lowest BCUT2D eigenvalue weighted by atomic mass is 9.99. The van der Waals surface area contributed by atoms with Crippen molar-refractivity contribution >= 4 is 11.9 Å². The summed E-state index contributed by atoms with van der Waals surface area (Å²) < 4.78 is 1.34. The summed E-state index contributed by atoms with van der Waals surface area (Å²) in [6.07, 6.45) is 6.57. The second-order valence-electron chi connectivity index (χ2n) is 5.71. The van der Waals surface area contributed by atoms with Crippen LogP contribution in [0.5, 0.6) is 0 Å². The molecule has 1 aliphatic rings. The smallest absolute Gasteiger partial charge is 0.276 e. The Bertz CT molecular complexity index is 776. The Balaban J connectivity index is 2.21. The topological polar surface area (TPSA) is 70.7 Å². The van der Waals surface area contributed by atoms with Crippen LogP contribution in [0.3, 0.4) is 0 Å². The first-order valence-electron chi connectivity index (χ1n) is 7.80. The van der Waals surface area contributed by atoms with E-state index in [2.05, 4.69) is 15.2 Å². The zero-order valence-corrected chi connectivity index (χ0v) is 13.1. The van der Waals surface area contributed by atoms with Gasteiger partial charge in [-0.15, -0.1) is 0 Å². The van der Waals surface area contributed by atoms with Crippen LogP contribution in [0.15, 0.2) is 40.4 Å². The van der Waals surface area contributed by atoms with Crippen LogP contribution in [0.25, 0.3) is 11.1 Å². The van der Waals surface area contributed by atoms with Gasteiger partial charge in [0.05, 0.1) is 23.7 Å². The number of piperidine rings is 1. The number of oxime groups is 1. The van der Waals surface area contributed by atoms with Crippen LogP contribution in [0.2, 0.25) is 0 Å². The Morgan fingerprint density at radius 2 is 1.96 bits per heavy atom. The van der Waals surface area contributed by atoms with Gasteiger partial charge in [-0.3, -0.25) is 4.79 Å². The molecular formula is C17H20N4O2. The van der Waals surface area contributed by atoms with E-state index in [1.807, 2.05) is 24.3 Å². The minimum atomic E-state index is -0.146. The molecule has 23 heavy (non-hydrogen) atoms. The molecule has 120 valence electrons. The normalized spacial score (nSPS) is 15.3. The lowest BCUT2D eigenvalue weighted by molar-refractivity contribution is 0.322. The monoisotopic (exact) mass is 312 g/mol. The summed E-state index contributed by atoms with van der Waals surface area (Å²) in [7, 11) is 1.65. The van der Waals surface area contributed by atoms with Crippen molar-refractivity contribution in [2.24, 2.45) is 12.2 Å². The molecule has 0 radical (unpaired) electrons. The molecule has 0 bridgehead atoms. The third-order valence-electron chi connectivity index (χ3n) is 4.24. The molecule has 1 aromatic heterocycles. The second-order valence-corrected chi connectivity index (χ2v) is 5.71. The first-order chi connectivity index (χ1) is 11.2. The zero-order chi connectivity index (χ0) is 16.2. The molecule has 0 spiro atoms. The van der Waals surface area contributed by atoms with Crippen molar-refractivity contribution in [1.29, 1.82) is 0 Å². The number of aromatic nitrogens is 2. The summed E-state index contributed by atoms with van der Waals surface area (Å²) in [6.45, 7) is 1.86. The second kappa shape index (κ2) is 6.64. The van der Waals surface area contributed by atoms with E-state index < -0.39 is 0 Å². The molecule has 1 aliphatic heterocycles. The molecule has 3 rings (SSSR count). The summed E-state index contributed by atoms with van der Waals surface area (Å²) in [6, 6.07) is 7.44. The van der Waals surface area contributed by atoms with Gasteiger partial charge in [0, 0.05) is 25.7 Å². The molecule has 1 saturated heterocycles. The van der Waals surface area contributed by atoms with E-state index in [0.29, 0.717) is 11.1 Å². The first kappa shape index (κ1) is 15.3. The highest BCUT2D eigenvalue weighted by Gasteiger charge is 2.20. The Morgan fingerprint density at radius 3 is 2.70 bits per heavy atom. The van der Waals surface area contributed by atoms with Crippen LogP contribution in [0.4, 0.5) is 5.69 Å². The molecule has 1 aromatic carbocycles. The van der Waals surface area contributed by atoms with Crippen LogP contribution in [0, 0.1) is 0 Å². The van der Waals surface area contributed by atoms with E-state index in [1.54, 1.807) is 13.2 Å². The number of benzene rings is 1. The van der Waals surface area contributed by atoms with Crippen molar-refractivity contribution in [3.63, 3.8) is 0 Å². The van der Waals surface area contributed by atoms with Crippen molar-refractivity contribution in [3.05, 3.63) is 46.4 Å². The number of anilines is 1. The van der Waals surface area contributed by atoms with Crippen molar-refractivity contribution in [2.75, 3.05) is 18.0 Å². The minimum absolute atomic E-state index is 0.146. The number of hydrogen-bond donors (Lipinski definition) is 1. The molecule has 0 saturated carbocycles. The largest absolute Gasteiger partial charge is 0.411 e. The number of nitrogens with zero attached hydrogens (tertiary/aromatic N) is 4. The van der Waals surface area contributed by atoms with Gasteiger partial charge in [0.15, 0.2) is 0 Å². The predicted octanol–water partition coefficient (Wildman–Crippen LogP) is 2.25. The molecule has 0 amide bonds. The maximum atomic E-state index is 12.8. The molecule has 6 heteroatoms. The number of rotatable bonds is 3. The Kier molecular flexibility index (Phi) is 4.41. The Labute approximate surface area is 134 Å². The van der Waals surface area contributed by atoms with Gasteiger partial charge in [0.2, 0.25) is 0 Å². The summed E-state index contributed by atoms with van der Waals surface area (Å²) in [5, 5.41) is 16.2. The lowest BCUT2D eigenvalue weighted by Crippen LogP contribution is -2.33.